The Bertz CT molecular complexity index is 421. The first-order valence-corrected chi connectivity index (χ1v) is 8.79. The van der Waals surface area contributed by atoms with Crippen molar-refractivity contribution in [2.45, 2.75) is 51.2 Å². The van der Waals surface area contributed by atoms with Crippen LogP contribution >= 0.6 is 15.9 Å². The molecule has 2 rings (SSSR count). The summed E-state index contributed by atoms with van der Waals surface area (Å²) in [4.78, 5) is 2.41. The largest absolute Gasteiger partial charge is 0.490 e. The van der Waals surface area contributed by atoms with Crippen LogP contribution in [0.1, 0.15) is 39.0 Å². The summed E-state index contributed by atoms with van der Waals surface area (Å²) >= 11 is 3.46. The molecule has 1 aromatic carbocycles. The first-order valence-electron chi connectivity index (χ1n) is 8.00. The number of nitrogens with zero attached hydrogens (tertiary/aromatic N) is 1. The van der Waals surface area contributed by atoms with Crippen LogP contribution < -0.4 is 4.74 Å². The van der Waals surface area contributed by atoms with Crippen molar-refractivity contribution in [2.24, 2.45) is 0 Å². The smallest absolute Gasteiger partial charge is 0.133 e. The topological polar surface area (TPSA) is 32.7 Å². The van der Waals surface area contributed by atoms with Crippen LogP contribution in [0.2, 0.25) is 0 Å². The van der Waals surface area contributed by atoms with E-state index in [0.29, 0.717) is 19.2 Å². The Labute approximate surface area is 136 Å². The third-order valence-electron chi connectivity index (χ3n) is 4.21. The number of hydrogen-bond donors (Lipinski definition) is 1. The van der Waals surface area contributed by atoms with Crippen molar-refractivity contribution < 1.29 is 9.84 Å². The number of benzene rings is 1. The Morgan fingerprint density at radius 2 is 2.00 bits per heavy atom. The highest BCUT2D eigenvalue weighted by atomic mass is 79.9. The van der Waals surface area contributed by atoms with E-state index in [0.717, 1.165) is 16.8 Å². The second-order valence-corrected chi connectivity index (χ2v) is 6.63. The Balaban J connectivity index is 1.79. The highest BCUT2D eigenvalue weighted by molar-refractivity contribution is 9.10. The van der Waals surface area contributed by atoms with Crippen LogP contribution in [-0.2, 0) is 0 Å². The van der Waals surface area contributed by atoms with Gasteiger partial charge in [-0.05, 0) is 47.4 Å². The van der Waals surface area contributed by atoms with Gasteiger partial charge in [0.15, 0.2) is 0 Å². The monoisotopic (exact) mass is 355 g/mol. The molecule has 118 valence electrons. The van der Waals surface area contributed by atoms with Gasteiger partial charge < -0.3 is 9.84 Å². The normalized spacial score (nSPS) is 17.9. The van der Waals surface area contributed by atoms with Crippen molar-refractivity contribution in [1.82, 2.24) is 4.90 Å². The molecule has 0 heterocycles. The van der Waals surface area contributed by atoms with Crippen molar-refractivity contribution in [3.63, 3.8) is 0 Å². The minimum Gasteiger partial charge on any atom is -0.490 e. The van der Waals surface area contributed by atoms with Gasteiger partial charge in [0.2, 0.25) is 0 Å². The molecule has 4 heteroatoms. The fraction of sp³-hybridized carbons (Fsp3) is 0.647. The summed E-state index contributed by atoms with van der Waals surface area (Å²) in [5.74, 6) is 0.789. The minimum atomic E-state index is -0.445. The fourth-order valence-electron chi connectivity index (χ4n) is 3.05. The molecule has 0 aliphatic heterocycles. The van der Waals surface area contributed by atoms with E-state index in [1.807, 2.05) is 24.3 Å². The predicted octanol–water partition coefficient (Wildman–Crippen LogP) is 3.84. The van der Waals surface area contributed by atoms with Gasteiger partial charge in [0, 0.05) is 12.6 Å². The molecule has 1 atom stereocenters. The van der Waals surface area contributed by atoms with Crippen LogP contribution in [0, 0.1) is 0 Å². The molecule has 1 fully saturated rings. The van der Waals surface area contributed by atoms with E-state index >= 15 is 0 Å². The lowest BCUT2D eigenvalue weighted by atomic mass is 9.94. The van der Waals surface area contributed by atoms with Crippen molar-refractivity contribution in [3.8, 4) is 5.75 Å². The van der Waals surface area contributed by atoms with Crippen molar-refractivity contribution >= 4 is 15.9 Å². The zero-order valence-corrected chi connectivity index (χ0v) is 14.4. The highest BCUT2D eigenvalue weighted by Crippen LogP contribution is 2.25. The van der Waals surface area contributed by atoms with Gasteiger partial charge in [-0.15, -0.1) is 0 Å². The second-order valence-electron chi connectivity index (χ2n) is 5.77. The van der Waals surface area contributed by atoms with E-state index in [1.165, 1.54) is 32.1 Å². The molecule has 0 radical (unpaired) electrons. The Morgan fingerprint density at radius 1 is 1.29 bits per heavy atom. The third kappa shape index (κ3) is 5.28. The van der Waals surface area contributed by atoms with Crippen molar-refractivity contribution in [1.29, 1.82) is 0 Å². The van der Waals surface area contributed by atoms with Gasteiger partial charge in [-0.2, -0.15) is 0 Å². The molecule has 1 N–H and O–H groups in total. The van der Waals surface area contributed by atoms with Crippen molar-refractivity contribution in [2.75, 3.05) is 19.7 Å². The molecule has 1 aliphatic rings. The molecule has 3 nitrogen and oxygen atoms in total. The van der Waals surface area contributed by atoms with Crippen LogP contribution in [0.25, 0.3) is 0 Å². The maximum absolute atomic E-state index is 10.3. The van der Waals surface area contributed by atoms with Crippen molar-refractivity contribution in [3.05, 3.63) is 28.7 Å². The zero-order valence-electron chi connectivity index (χ0n) is 12.8. The number of halogens is 1. The summed E-state index contributed by atoms with van der Waals surface area (Å²) < 4.78 is 6.64. The fourth-order valence-corrected chi connectivity index (χ4v) is 3.45. The van der Waals surface area contributed by atoms with Crippen LogP contribution in [0.15, 0.2) is 28.7 Å². The SMILES string of the molecule is CCN(CC(O)COc1ccccc1Br)C1CCCCC1. The molecule has 0 saturated heterocycles. The minimum absolute atomic E-state index is 0.339. The molecule has 0 aromatic heterocycles. The van der Waals surface area contributed by atoms with E-state index in [9.17, 15) is 5.11 Å². The zero-order chi connectivity index (χ0) is 15.1. The maximum atomic E-state index is 10.3. The van der Waals surface area contributed by atoms with Gasteiger partial charge in [-0.3, -0.25) is 4.90 Å². The molecule has 21 heavy (non-hydrogen) atoms. The maximum Gasteiger partial charge on any atom is 0.133 e. The lowest BCUT2D eigenvalue weighted by molar-refractivity contribution is 0.0462. The Kier molecular flexibility index (Phi) is 7.00. The van der Waals surface area contributed by atoms with Crippen LogP contribution in [-0.4, -0.2) is 41.8 Å². The van der Waals surface area contributed by atoms with E-state index in [2.05, 4.69) is 27.8 Å². The van der Waals surface area contributed by atoms with E-state index in [1.54, 1.807) is 0 Å². The first kappa shape index (κ1) is 16.8. The van der Waals surface area contributed by atoms with Gasteiger partial charge in [-0.1, -0.05) is 38.3 Å². The van der Waals surface area contributed by atoms with Crippen LogP contribution in [0.3, 0.4) is 0 Å². The number of ether oxygens (including phenoxy) is 1. The predicted molar refractivity (Wildman–Crippen MR) is 89.8 cm³/mol. The number of likely N-dealkylation sites (N-methyl/N-ethyl adjacent to an activating group) is 1. The summed E-state index contributed by atoms with van der Waals surface area (Å²) in [7, 11) is 0. The number of aliphatic hydroxyl groups excluding tert-OH is 1. The molecule has 1 unspecified atom stereocenters. The van der Waals surface area contributed by atoms with E-state index < -0.39 is 6.10 Å². The number of aliphatic hydroxyl groups is 1. The van der Waals surface area contributed by atoms with E-state index in [4.69, 9.17) is 4.74 Å². The molecular formula is C17H26BrNO2. The molecular weight excluding hydrogens is 330 g/mol. The molecule has 0 spiro atoms. The molecule has 1 aromatic rings. The summed E-state index contributed by atoms with van der Waals surface area (Å²) in [6.45, 7) is 4.21. The summed E-state index contributed by atoms with van der Waals surface area (Å²) in [5, 5.41) is 10.3. The quantitative estimate of drug-likeness (QED) is 0.806. The number of hydrogen-bond acceptors (Lipinski definition) is 3. The average molecular weight is 356 g/mol. The second kappa shape index (κ2) is 8.76. The standard InChI is InChI=1S/C17H26BrNO2/c1-2-19(14-8-4-3-5-9-14)12-15(20)13-21-17-11-7-6-10-16(17)18/h6-7,10-11,14-15,20H,2-5,8-9,12-13H2,1H3. The van der Waals surface area contributed by atoms with Gasteiger partial charge >= 0.3 is 0 Å². The molecule has 1 saturated carbocycles. The molecule has 0 amide bonds. The number of para-hydroxylation sites is 1. The van der Waals surface area contributed by atoms with Gasteiger partial charge in [0.05, 0.1) is 4.47 Å². The van der Waals surface area contributed by atoms with Gasteiger partial charge in [-0.25, -0.2) is 0 Å². The number of rotatable bonds is 7. The lowest BCUT2D eigenvalue weighted by Crippen LogP contribution is -2.43. The molecule has 0 bridgehead atoms. The lowest BCUT2D eigenvalue weighted by Gasteiger charge is -2.34. The summed E-state index contributed by atoms with van der Waals surface area (Å²) in [5.41, 5.74) is 0. The highest BCUT2D eigenvalue weighted by Gasteiger charge is 2.22. The van der Waals surface area contributed by atoms with Crippen LogP contribution in [0.5, 0.6) is 5.75 Å². The Hall–Kier alpha value is -0.580. The third-order valence-corrected chi connectivity index (χ3v) is 4.87. The molecule has 1 aliphatic carbocycles. The summed E-state index contributed by atoms with van der Waals surface area (Å²) in [6, 6.07) is 8.39. The van der Waals surface area contributed by atoms with Crippen LogP contribution in [0.4, 0.5) is 0 Å². The van der Waals surface area contributed by atoms with E-state index in [-0.39, 0.29) is 0 Å². The Morgan fingerprint density at radius 3 is 2.67 bits per heavy atom. The van der Waals surface area contributed by atoms with Gasteiger partial charge in [0.25, 0.3) is 0 Å². The average Bonchev–Trinajstić information content (AvgIpc) is 2.52. The van der Waals surface area contributed by atoms with Gasteiger partial charge in [0.1, 0.15) is 18.5 Å². The first-order chi connectivity index (χ1) is 10.2. The summed E-state index contributed by atoms with van der Waals surface area (Å²) in [6.07, 6.45) is 6.10.